The summed E-state index contributed by atoms with van der Waals surface area (Å²) in [6.45, 7) is 2.11. The SMILES string of the molecule is Cc1csc2nc(Br)ccc12. The van der Waals surface area contributed by atoms with Gasteiger partial charge in [-0.25, -0.2) is 4.98 Å². The number of thiophene rings is 1. The number of nitrogens with zero attached hydrogens (tertiary/aromatic N) is 1. The summed E-state index contributed by atoms with van der Waals surface area (Å²) in [7, 11) is 0. The lowest BCUT2D eigenvalue weighted by Gasteiger charge is -1.90. The summed E-state index contributed by atoms with van der Waals surface area (Å²) >= 11 is 5.02. The highest BCUT2D eigenvalue weighted by molar-refractivity contribution is 9.10. The zero-order valence-electron chi connectivity index (χ0n) is 5.97. The molecule has 0 aliphatic rings. The molecule has 0 atom stereocenters. The number of hydrogen-bond acceptors (Lipinski definition) is 2. The van der Waals surface area contributed by atoms with Crippen molar-refractivity contribution < 1.29 is 0 Å². The van der Waals surface area contributed by atoms with E-state index >= 15 is 0 Å². The minimum Gasteiger partial charge on any atom is -0.230 e. The normalized spacial score (nSPS) is 10.7. The molecule has 0 bridgehead atoms. The van der Waals surface area contributed by atoms with E-state index in [0.29, 0.717) is 0 Å². The fourth-order valence-corrected chi connectivity index (χ4v) is 2.36. The molecule has 0 aromatic carbocycles. The van der Waals surface area contributed by atoms with Crippen molar-refractivity contribution in [1.29, 1.82) is 0 Å². The van der Waals surface area contributed by atoms with E-state index in [0.717, 1.165) is 9.43 Å². The second-order valence-corrected chi connectivity index (χ2v) is 4.08. The van der Waals surface area contributed by atoms with Crippen molar-refractivity contribution in [1.82, 2.24) is 4.98 Å². The Morgan fingerprint density at radius 2 is 2.27 bits per heavy atom. The molecule has 2 aromatic rings. The molecule has 0 aliphatic carbocycles. The van der Waals surface area contributed by atoms with Crippen molar-refractivity contribution in [3.63, 3.8) is 0 Å². The smallest absolute Gasteiger partial charge is 0.124 e. The number of hydrogen-bond donors (Lipinski definition) is 0. The van der Waals surface area contributed by atoms with Crippen molar-refractivity contribution >= 4 is 37.5 Å². The third-order valence-electron chi connectivity index (χ3n) is 1.60. The second kappa shape index (κ2) is 2.57. The molecule has 0 spiro atoms. The summed E-state index contributed by atoms with van der Waals surface area (Å²) in [5.74, 6) is 0. The first-order valence-corrected chi connectivity index (χ1v) is 4.95. The first-order chi connectivity index (χ1) is 5.27. The van der Waals surface area contributed by atoms with Crippen LogP contribution in [0.5, 0.6) is 0 Å². The summed E-state index contributed by atoms with van der Waals surface area (Å²) in [5.41, 5.74) is 1.31. The molecule has 2 rings (SSSR count). The van der Waals surface area contributed by atoms with Crippen molar-refractivity contribution in [2.75, 3.05) is 0 Å². The highest BCUT2D eigenvalue weighted by Gasteiger charge is 2.00. The highest BCUT2D eigenvalue weighted by atomic mass is 79.9. The fourth-order valence-electron chi connectivity index (χ4n) is 1.02. The number of fused-ring (bicyclic) bond motifs is 1. The van der Waals surface area contributed by atoms with Crippen LogP contribution in [0.2, 0.25) is 0 Å². The number of halogens is 1. The van der Waals surface area contributed by atoms with E-state index in [1.54, 1.807) is 11.3 Å². The number of aromatic nitrogens is 1. The van der Waals surface area contributed by atoms with Crippen LogP contribution in [-0.4, -0.2) is 4.98 Å². The molecule has 0 fully saturated rings. The third kappa shape index (κ3) is 1.19. The summed E-state index contributed by atoms with van der Waals surface area (Å²) in [5, 5.41) is 3.39. The van der Waals surface area contributed by atoms with Crippen molar-refractivity contribution in [3.05, 3.63) is 27.7 Å². The number of aryl methyl sites for hydroxylation is 1. The minimum absolute atomic E-state index is 0.909. The molecule has 11 heavy (non-hydrogen) atoms. The van der Waals surface area contributed by atoms with Gasteiger partial charge in [0, 0.05) is 5.39 Å². The van der Waals surface area contributed by atoms with Gasteiger partial charge in [0.1, 0.15) is 9.43 Å². The molecule has 0 aliphatic heterocycles. The highest BCUT2D eigenvalue weighted by Crippen LogP contribution is 2.24. The van der Waals surface area contributed by atoms with Crippen molar-refractivity contribution in [2.24, 2.45) is 0 Å². The molecule has 2 aromatic heterocycles. The topological polar surface area (TPSA) is 12.9 Å². The van der Waals surface area contributed by atoms with Crippen LogP contribution in [0.15, 0.2) is 22.1 Å². The van der Waals surface area contributed by atoms with E-state index in [-0.39, 0.29) is 0 Å². The van der Waals surface area contributed by atoms with Crippen molar-refractivity contribution in [2.45, 2.75) is 6.92 Å². The molecule has 0 amide bonds. The van der Waals surface area contributed by atoms with Gasteiger partial charge in [-0.3, -0.25) is 0 Å². The summed E-state index contributed by atoms with van der Waals surface area (Å²) < 4.78 is 0.909. The van der Waals surface area contributed by atoms with Gasteiger partial charge in [0.2, 0.25) is 0 Å². The Balaban J connectivity index is 2.86. The molecular weight excluding hydrogens is 222 g/mol. The number of rotatable bonds is 0. The van der Waals surface area contributed by atoms with Crippen LogP contribution in [-0.2, 0) is 0 Å². The van der Waals surface area contributed by atoms with Gasteiger partial charge >= 0.3 is 0 Å². The lowest BCUT2D eigenvalue weighted by atomic mass is 10.2. The van der Waals surface area contributed by atoms with Gasteiger partial charge in [0.25, 0.3) is 0 Å². The molecule has 0 radical (unpaired) electrons. The fraction of sp³-hybridized carbons (Fsp3) is 0.125. The molecule has 56 valence electrons. The zero-order valence-corrected chi connectivity index (χ0v) is 8.37. The first-order valence-electron chi connectivity index (χ1n) is 3.28. The standard InChI is InChI=1S/C8H6BrNS/c1-5-4-11-8-6(5)2-3-7(9)10-8/h2-4H,1H3. The van der Waals surface area contributed by atoms with Crippen LogP contribution in [0.3, 0.4) is 0 Å². The quantitative estimate of drug-likeness (QED) is 0.630. The Morgan fingerprint density at radius 1 is 1.45 bits per heavy atom. The predicted molar refractivity (Wildman–Crippen MR) is 52.1 cm³/mol. The van der Waals surface area contributed by atoms with Gasteiger partial charge in [-0.05, 0) is 45.9 Å². The van der Waals surface area contributed by atoms with Crippen LogP contribution >= 0.6 is 27.3 Å². The molecule has 0 N–H and O–H groups in total. The average molecular weight is 228 g/mol. The lowest BCUT2D eigenvalue weighted by molar-refractivity contribution is 1.37. The van der Waals surface area contributed by atoms with Crippen LogP contribution in [0.4, 0.5) is 0 Å². The Labute approximate surface area is 77.2 Å². The van der Waals surface area contributed by atoms with Crippen LogP contribution in [0.1, 0.15) is 5.56 Å². The van der Waals surface area contributed by atoms with Gasteiger partial charge in [-0.15, -0.1) is 11.3 Å². The molecule has 3 heteroatoms. The minimum atomic E-state index is 0.909. The van der Waals surface area contributed by atoms with Crippen LogP contribution < -0.4 is 0 Å². The van der Waals surface area contributed by atoms with E-state index < -0.39 is 0 Å². The third-order valence-corrected chi connectivity index (χ3v) is 3.05. The molecule has 1 nitrogen and oxygen atoms in total. The molecular formula is C8H6BrNS. The van der Waals surface area contributed by atoms with Crippen molar-refractivity contribution in [3.8, 4) is 0 Å². The molecule has 0 saturated heterocycles. The molecule has 0 unspecified atom stereocenters. The van der Waals surface area contributed by atoms with E-state index in [4.69, 9.17) is 0 Å². The van der Waals surface area contributed by atoms with Crippen LogP contribution in [0, 0.1) is 6.92 Å². The maximum atomic E-state index is 4.33. The van der Waals surface area contributed by atoms with E-state index in [9.17, 15) is 0 Å². The largest absolute Gasteiger partial charge is 0.230 e. The molecule has 2 heterocycles. The summed E-state index contributed by atoms with van der Waals surface area (Å²) in [6, 6.07) is 4.07. The second-order valence-electron chi connectivity index (χ2n) is 2.41. The molecule has 0 saturated carbocycles. The predicted octanol–water partition coefficient (Wildman–Crippen LogP) is 3.37. The van der Waals surface area contributed by atoms with Gasteiger partial charge in [0.15, 0.2) is 0 Å². The van der Waals surface area contributed by atoms with Gasteiger partial charge in [0.05, 0.1) is 0 Å². The average Bonchev–Trinajstić information content (AvgIpc) is 2.32. The van der Waals surface area contributed by atoms with E-state index in [1.807, 2.05) is 6.07 Å². The van der Waals surface area contributed by atoms with Crippen LogP contribution in [0.25, 0.3) is 10.2 Å². The van der Waals surface area contributed by atoms with Gasteiger partial charge in [-0.2, -0.15) is 0 Å². The van der Waals surface area contributed by atoms with Gasteiger partial charge in [-0.1, -0.05) is 0 Å². The monoisotopic (exact) mass is 227 g/mol. The Bertz CT molecular complexity index is 394. The van der Waals surface area contributed by atoms with Gasteiger partial charge < -0.3 is 0 Å². The van der Waals surface area contributed by atoms with E-state index in [2.05, 4.69) is 39.3 Å². The zero-order chi connectivity index (χ0) is 7.84. The first kappa shape index (κ1) is 7.25. The summed E-state index contributed by atoms with van der Waals surface area (Å²) in [6.07, 6.45) is 0. The Hall–Kier alpha value is -0.410. The summed E-state index contributed by atoms with van der Waals surface area (Å²) in [4.78, 5) is 5.44. The maximum absolute atomic E-state index is 4.33. The number of pyridine rings is 1. The Morgan fingerprint density at radius 3 is 3.09 bits per heavy atom. The maximum Gasteiger partial charge on any atom is 0.124 e. The Kier molecular flexibility index (Phi) is 1.69. The van der Waals surface area contributed by atoms with E-state index in [1.165, 1.54) is 10.9 Å². The lowest BCUT2D eigenvalue weighted by Crippen LogP contribution is -1.73.